The lowest BCUT2D eigenvalue weighted by molar-refractivity contribution is -0.121. The molecule has 0 aliphatic carbocycles. The van der Waals surface area contributed by atoms with Crippen molar-refractivity contribution in [1.29, 1.82) is 0 Å². The molecule has 1 aromatic heterocycles. The van der Waals surface area contributed by atoms with Crippen molar-refractivity contribution in [2.75, 3.05) is 11.5 Å². The lowest BCUT2D eigenvalue weighted by atomic mass is 10.1. The van der Waals surface area contributed by atoms with Gasteiger partial charge in [0.25, 0.3) is 0 Å². The quantitative estimate of drug-likeness (QED) is 0.637. The predicted molar refractivity (Wildman–Crippen MR) is 71.4 cm³/mol. The SMILES string of the molecule is O=C(C[C@H]1CCS(=O)(=O)C1)N/N=C\c1ccncc1. The van der Waals surface area contributed by atoms with Crippen molar-refractivity contribution >= 4 is 22.0 Å². The number of carbonyl (C=O) groups is 1. The highest BCUT2D eigenvalue weighted by Gasteiger charge is 2.29. The number of sulfone groups is 1. The molecule has 0 saturated carbocycles. The first-order valence-corrected chi connectivity index (χ1v) is 7.80. The summed E-state index contributed by atoms with van der Waals surface area (Å²) < 4.78 is 22.5. The third-order valence-corrected chi connectivity index (χ3v) is 4.75. The molecule has 2 heterocycles. The number of pyridine rings is 1. The number of hydrogen-bond acceptors (Lipinski definition) is 5. The van der Waals surface area contributed by atoms with Gasteiger partial charge in [0, 0.05) is 18.8 Å². The summed E-state index contributed by atoms with van der Waals surface area (Å²) in [5, 5.41) is 3.82. The first-order valence-electron chi connectivity index (χ1n) is 5.97. The minimum atomic E-state index is -2.93. The molecule has 0 bridgehead atoms. The molecule has 1 amide bonds. The Morgan fingerprint density at radius 3 is 2.84 bits per heavy atom. The van der Waals surface area contributed by atoms with Gasteiger partial charge in [0.05, 0.1) is 17.7 Å². The highest BCUT2D eigenvalue weighted by atomic mass is 32.2. The minimum absolute atomic E-state index is 0.0823. The van der Waals surface area contributed by atoms with E-state index in [0.29, 0.717) is 6.42 Å². The van der Waals surface area contributed by atoms with Crippen LogP contribution in [0.1, 0.15) is 18.4 Å². The number of rotatable bonds is 4. The summed E-state index contributed by atoms with van der Waals surface area (Å²) in [6, 6.07) is 3.53. The van der Waals surface area contributed by atoms with Crippen molar-refractivity contribution in [1.82, 2.24) is 10.4 Å². The standard InChI is InChI=1S/C12H15N3O3S/c16-12(7-11-3-6-19(17,18)9-11)15-14-8-10-1-4-13-5-2-10/h1-2,4-5,8,11H,3,6-7,9H2,(H,15,16)/b14-8-/t11-/m1/s1. The molecule has 1 fully saturated rings. The summed E-state index contributed by atoms with van der Waals surface area (Å²) in [7, 11) is -2.93. The molecule has 1 atom stereocenters. The summed E-state index contributed by atoms with van der Waals surface area (Å²) in [6.07, 6.45) is 5.54. The fourth-order valence-electron chi connectivity index (χ4n) is 1.97. The highest BCUT2D eigenvalue weighted by Crippen LogP contribution is 2.21. The Morgan fingerprint density at radius 2 is 2.21 bits per heavy atom. The zero-order valence-corrected chi connectivity index (χ0v) is 11.1. The second-order valence-corrected chi connectivity index (χ2v) is 6.78. The Labute approximate surface area is 111 Å². The number of hydrazone groups is 1. The van der Waals surface area contributed by atoms with Gasteiger partial charge in [-0.1, -0.05) is 0 Å². The van der Waals surface area contributed by atoms with Gasteiger partial charge in [0.1, 0.15) is 0 Å². The van der Waals surface area contributed by atoms with Gasteiger partial charge in [-0.15, -0.1) is 0 Å². The molecule has 0 radical (unpaired) electrons. The maximum absolute atomic E-state index is 11.6. The van der Waals surface area contributed by atoms with Crippen LogP contribution in [0, 0.1) is 5.92 Å². The third-order valence-electron chi connectivity index (χ3n) is 2.91. The van der Waals surface area contributed by atoms with Gasteiger partial charge in [0.2, 0.25) is 5.91 Å². The van der Waals surface area contributed by atoms with Crippen LogP contribution in [-0.4, -0.2) is 37.0 Å². The minimum Gasteiger partial charge on any atom is -0.273 e. The maximum Gasteiger partial charge on any atom is 0.240 e. The van der Waals surface area contributed by atoms with E-state index >= 15 is 0 Å². The molecule has 7 heteroatoms. The van der Waals surface area contributed by atoms with Crippen LogP contribution in [0.5, 0.6) is 0 Å². The van der Waals surface area contributed by atoms with E-state index in [2.05, 4.69) is 15.5 Å². The normalized spacial score (nSPS) is 21.6. The van der Waals surface area contributed by atoms with Gasteiger partial charge in [-0.05, 0) is 30.0 Å². The first-order chi connectivity index (χ1) is 9.05. The molecule has 1 saturated heterocycles. The molecule has 19 heavy (non-hydrogen) atoms. The molecular formula is C12H15N3O3S. The van der Waals surface area contributed by atoms with E-state index in [9.17, 15) is 13.2 Å². The highest BCUT2D eigenvalue weighted by molar-refractivity contribution is 7.91. The second kappa shape index (κ2) is 5.92. The molecule has 2 rings (SSSR count). The lowest BCUT2D eigenvalue weighted by Crippen LogP contribution is -2.21. The fourth-order valence-corrected chi connectivity index (χ4v) is 3.83. The number of aromatic nitrogens is 1. The smallest absolute Gasteiger partial charge is 0.240 e. The summed E-state index contributed by atoms with van der Waals surface area (Å²) in [5.74, 6) is -0.0479. The van der Waals surface area contributed by atoms with Crippen molar-refractivity contribution < 1.29 is 13.2 Å². The van der Waals surface area contributed by atoms with Gasteiger partial charge in [-0.25, -0.2) is 13.8 Å². The van der Waals surface area contributed by atoms with E-state index in [4.69, 9.17) is 0 Å². The molecule has 0 aromatic carbocycles. The topological polar surface area (TPSA) is 88.5 Å². The average Bonchev–Trinajstić information content (AvgIpc) is 2.70. The molecule has 6 nitrogen and oxygen atoms in total. The Morgan fingerprint density at radius 1 is 1.47 bits per heavy atom. The van der Waals surface area contributed by atoms with Crippen LogP contribution in [-0.2, 0) is 14.6 Å². The van der Waals surface area contributed by atoms with Crippen molar-refractivity contribution in [2.45, 2.75) is 12.8 Å². The second-order valence-electron chi connectivity index (χ2n) is 4.55. The Balaban J connectivity index is 1.78. The largest absolute Gasteiger partial charge is 0.273 e. The predicted octanol–water partition coefficient (Wildman–Crippen LogP) is 0.356. The Kier molecular flexibility index (Phi) is 4.26. The summed E-state index contributed by atoms with van der Waals surface area (Å²) in [5.41, 5.74) is 3.23. The molecule has 0 unspecified atom stereocenters. The number of carbonyl (C=O) groups excluding carboxylic acids is 1. The van der Waals surface area contributed by atoms with Crippen LogP contribution in [0.15, 0.2) is 29.6 Å². The van der Waals surface area contributed by atoms with Crippen molar-refractivity contribution in [2.24, 2.45) is 11.0 Å². The fraction of sp³-hybridized carbons (Fsp3) is 0.417. The molecular weight excluding hydrogens is 266 g/mol. The Hall–Kier alpha value is -1.76. The number of hydrogen-bond donors (Lipinski definition) is 1. The molecule has 102 valence electrons. The summed E-state index contributed by atoms with van der Waals surface area (Å²) in [6.45, 7) is 0. The van der Waals surface area contributed by atoms with Gasteiger partial charge < -0.3 is 0 Å². The van der Waals surface area contributed by atoms with Gasteiger partial charge >= 0.3 is 0 Å². The first kappa shape index (κ1) is 13.7. The zero-order valence-electron chi connectivity index (χ0n) is 10.3. The van der Waals surface area contributed by atoms with E-state index in [1.807, 2.05) is 0 Å². The summed E-state index contributed by atoms with van der Waals surface area (Å²) >= 11 is 0. The van der Waals surface area contributed by atoms with E-state index in [0.717, 1.165) is 5.56 Å². The lowest BCUT2D eigenvalue weighted by Gasteiger charge is -2.05. The van der Waals surface area contributed by atoms with Crippen LogP contribution < -0.4 is 5.43 Å². The van der Waals surface area contributed by atoms with Crippen LogP contribution in [0.3, 0.4) is 0 Å². The zero-order chi connectivity index (χ0) is 13.7. The van der Waals surface area contributed by atoms with Gasteiger partial charge in [0.15, 0.2) is 9.84 Å². The van der Waals surface area contributed by atoms with E-state index < -0.39 is 9.84 Å². The van der Waals surface area contributed by atoms with E-state index in [1.54, 1.807) is 24.5 Å². The van der Waals surface area contributed by atoms with Crippen molar-refractivity contribution in [3.05, 3.63) is 30.1 Å². The van der Waals surface area contributed by atoms with E-state index in [1.165, 1.54) is 6.21 Å². The van der Waals surface area contributed by atoms with Crippen LogP contribution in [0.4, 0.5) is 0 Å². The molecule has 0 spiro atoms. The van der Waals surface area contributed by atoms with Gasteiger partial charge in [-0.3, -0.25) is 9.78 Å². The molecule has 1 aliphatic heterocycles. The third kappa shape index (κ3) is 4.44. The van der Waals surface area contributed by atoms with Crippen LogP contribution >= 0.6 is 0 Å². The van der Waals surface area contributed by atoms with Crippen molar-refractivity contribution in [3.63, 3.8) is 0 Å². The number of amides is 1. The van der Waals surface area contributed by atoms with Crippen LogP contribution in [0.2, 0.25) is 0 Å². The van der Waals surface area contributed by atoms with E-state index in [-0.39, 0.29) is 29.8 Å². The Bertz CT molecular complexity index is 569. The van der Waals surface area contributed by atoms with Crippen molar-refractivity contribution in [3.8, 4) is 0 Å². The van der Waals surface area contributed by atoms with Gasteiger partial charge in [-0.2, -0.15) is 5.10 Å². The maximum atomic E-state index is 11.6. The average molecular weight is 281 g/mol. The number of nitrogens with zero attached hydrogens (tertiary/aromatic N) is 2. The summed E-state index contributed by atoms with van der Waals surface area (Å²) in [4.78, 5) is 15.4. The number of nitrogens with one attached hydrogen (secondary N) is 1. The molecule has 1 aliphatic rings. The monoisotopic (exact) mass is 281 g/mol. The van der Waals surface area contributed by atoms with Crippen LogP contribution in [0.25, 0.3) is 0 Å². The molecule has 1 N–H and O–H groups in total. The molecule has 1 aromatic rings.